The van der Waals surface area contributed by atoms with E-state index in [2.05, 4.69) is 20.3 Å². The predicted molar refractivity (Wildman–Crippen MR) is 90.2 cm³/mol. The van der Waals surface area contributed by atoms with E-state index in [0.29, 0.717) is 0 Å². The summed E-state index contributed by atoms with van der Waals surface area (Å²) in [4.78, 5) is 12.1. The molecule has 0 saturated carbocycles. The second kappa shape index (κ2) is 9.10. The summed E-state index contributed by atoms with van der Waals surface area (Å²) in [5.74, 6) is -1.38. The van der Waals surface area contributed by atoms with Crippen molar-refractivity contribution in [3.8, 4) is 0 Å². The Morgan fingerprint density at radius 2 is 2.08 bits per heavy atom. The Kier molecular flexibility index (Phi) is 7.14. The molecule has 0 fully saturated rings. The normalized spacial score (nSPS) is 12.2. The molecule has 0 aliphatic rings. The maximum absolute atomic E-state index is 13.7. The molecule has 1 atom stereocenters. The highest BCUT2D eigenvalue weighted by atomic mass is 35.5. The van der Waals surface area contributed by atoms with Gasteiger partial charge in [0, 0.05) is 11.3 Å². The lowest BCUT2D eigenvalue weighted by atomic mass is 10.2. The number of anilines is 1. The van der Waals surface area contributed by atoms with Crippen molar-refractivity contribution in [2.24, 2.45) is 0 Å². The Hall–Kier alpha value is -1.51. The maximum atomic E-state index is 13.7. The molecule has 0 unspecified atom stereocenters. The lowest BCUT2D eigenvalue weighted by molar-refractivity contribution is 0.268. The number of aliphatic hydroxyl groups is 1. The van der Waals surface area contributed by atoms with E-state index in [1.165, 1.54) is 12.1 Å². The number of aromatic nitrogens is 3. The zero-order valence-corrected chi connectivity index (χ0v) is 14.5. The fourth-order valence-electron chi connectivity index (χ4n) is 2.00. The van der Waals surface area contributed by atoms with Gasteiger partial charge >= 0.3 is 0 Å². The van der Waals surface area contributed by atoms with Crippen molar-refractivity contribution in [3.05, 3.63) is 40.7 Å². The minimum Gasteiger partial charge on any atom is -0.394 e. The number of nitrogens with zero attached hydrogens (tertiary/aromatic N) is 3. The molecular formula is C15H17ClF2N4OS. The molecule has 0 saturated heterocycles. The summed E-state index contributed by atoms with van der Waals surface area (Å²) in [5.41, 5.74) is 0.213. The van der Waals surface area contributed by atoms with Crippen LogP contribution in [0.15, 0.2) is 23.4 Å². The number of aliphatic hydroxyl groups excluding tert-OH is 1. The Labute approximate surface area is 147 Å². The number of nitrogens with one attached hydrogen (secondary N) is 1. The van der Waals surface area contributed by atoms with Gasteiger partial charge in [-0.3, -0.25) is 0 Å². The summed E-state index contributed by atoms with van der Waals surface area (Å²) in [7, 11) is 0. The Balaban J connectivity index is 2.09. The lowest BCUT2D eigenvalue weighted by Crippen LogP contribution is -2.25. The van der Waals surface area contributed by atoms with E-state index in [1.807, 2.05) is 6.92 Å². The summed E-state index contributed by atoms with van der Waals surface area (Å²) >= 11 is 7.00. The first kappa shape index (κ1) is 18.8. The Morgan fingerprint density at radius 3 is 2.79 bits per heavy atom. The first-order chi connectivity index (χ1) is 11.5. The van der Waals surface area contributed by atoms with E-state index in [1.54, 1.807) is 0 Å². The highest BCUT2D eigenvalue weighted by molar-refractivity contribution is 7.98. The first-order valence-corrected chi connectivity index (χ1v) is 8.74. The van der Waals surface area contributed by atoms with Gasteiger partial charge in [-0.25, -0.2) is 8.78 Å². The second-order valence-corrected chi connectivity index (χ2v) is 6.31. The predicted octanol–water partition coefficient (Wildman–Crippen LogP) is 3.67. The van der Waals surface area contributed by atoms with Gasteiger partial charge in [-0.15, -0.1) is 0 Å². The molecular weight excluding hydrogens is 358 g/mol. The van der Waals surface area contributed by atoms with Crippen LogP contribution in [0.2, 0.25) is 5.28 Å². The van der Waals surface area contributed by atoms with Gasteiger partial charge in [0.25, 0.3) is 0 Å². The van der Waals surface area contributed by atoms with E-state index in [-0.39, 0.29) is 40.4 Å². The SMILES string of the molecule is CCC[C@H](CO)Nc1nc(Cl)nc(SCc2cccc(F)c2F)n1. The van der Waals surface area contributed by atoms with E-state index < -0.39 is 11.6 Å². The monoisotopic (exact) mass is 374 g/mol. The molecule has 0 spiro atoms. The summed E-state index contributed by atoms with van der Waals surface area (Å²) in [5, 5.41) is 12.6. The van der Waals surface area contributed by atoms with Crippen LogP contribution in [-0.2, 0) is 5.75 Å². The number of halogens is 3. The maximum Gasteiger partial charge on any atom is 0.228 e. The zero-order chi connectivity index (χ0) is 17.5. The average molecular weight is 375 g/mol. The van der Waals surface area contributed by atoms with Gasteiger partial charge in [0.2, 0.25) is 11.2 Å². The minimum absolute atomic E-state index is 0.0112. The highest BCUT2D eigenvalue weighted by Crippen LogP contribution is 2.24. The third kappa shape index (κ3) is 5.25. The minimum atomic E-state index is -0.894. The van der Waals surface area contributed by atoms with Crippen molar-refractivity contribution >= 4 is 29.3 Å². The topological polar surface area (TPSA) is 70.9 Å². The van der Waals surface area contributed by atoms with Crippen molar-refractivity contribution < 1.29 is 13.9 Å². The van der Waals surface area contributed by atoms with E-state index >= 15 is 0 Å². The van der Waals surface area contributed by atoms with Crippen molar-refractivity contribution in [2.75, 3.05) is 11.9 Å². The molecule has 0 bridgehead atoms. The molecule has 5 nitrogen and oxygen atoms in total. The summed E-state index contributed by atoms with van der Waals surface area (Å²) in [6.07, 6.45) is 1.63. The Bertz CT molecular complexity index is 693. The van der Waals surface area contributed by atoms with Crippen LogP contribution in [0.4, 0.5) is 14.7 Å². The molecule has 1 aromatic heterocycles. The van der Waals surface area contributed by atoms with Crippen LogP contribution in [0, 0.1) is 11.6 Å². The third-order valence-electron chi connectivity index (χ3n) is 3.17. The highest BCUT2D eigenvalue weighted by Gasteiger charge is 2.13. The van der Waals surface area contributed by atoms with Crippen LogP contribution in [-0.4, -0.2) is 32.7 Å². The number of hydrogen-bond acceptors (Lipinski definition) is 6. The molecule has 9 heteroatoms. The van der Waals surface area contributed by atoms with Crippen LogP contribution in [0.25, 0.3) is 0 Å². The smallest absolute Gasteiger partial charge is 0.228 e. The van der Waals surface area contributed by atoms with Gasteiger partial charge in [-0.2, -0.15) is 15.0 Å². The molecule has 0 radical (unpaired) electrons. The lowest BCUT2D eigenvalue weighted by Gasteiger charge is -2.15. The van der Waals surface area contributed by atoms with Crippen molar-refractivity contribution in [1.29, 1.82) is 0 Å². The van der Waals surface area contributed by atoms with Gasteiger partial charge in [0.15, 0.2) is 16.8 Å². The molecule has 1 aromatic carbocycles. The summed E-state index contributed by atoms with van der Waals surface area (Å²) < 4.78 is 26.9. The second-order valence-electron chi connectivity index (χ2n) is 5.02. The summed E-state index contributed by atoms with van der Waals surface area (Å²) in [6.45, 7) is 1.94. The van der Waals surface area contributed by atoms with Gasteiger partial charge in [-0.1, -0.05) is 37.2 Å². The largest absolute Gasteiger partial charge is 0.394 e. The fourth-order valence-corrected chi connectivity index (χ4v) is 3.02. The van der Waals surface area contributed by atoms with Crippen LogP contribution < -0.4 is 5.32 Å². The molecule has 24 heavy (non-hydrogen) atoms. The fraction of sp³-hybridized carbons (Fsp3) is 0.400. The molecule has 2 aromatic rings. The number of hydrogen-bond donors (Lipinski definition) is 2. The average Bonchev–Trinajstić information content (AvgIpc) is 2.55. The third-order valence-corrected chi connectivity index (χ3v) is 4.23. The van der Waals surface area contributed by atoms with Gasteiger partial charge in [0.1, 0.15) is 0 Å². The molecule has 2 rings (SSSR count). The van der Waals surface area contributed by atoms with Gasteiger partial charge in [0.05, 0.1) is 12.6 Å². The van der Waals surface area contributed by atoms with E-state index in [0.717, 1.165) is 30.7 Å². The quantitative estimate of drug-likeness (QED) is 0.687. The van der Waals surface area contributed by atoms with Crippen LogP contribution in [0.5, 0.6) is 0 Å². The van der Waals surface area contributed by atoms with Crippen molar-refractivity contribution in [3.63, 3.8) is 0 Å². The molecule has 0 aliphatic carbocycles. The molecule has 0 amide bonds. The zero-order valence-electron chi connectivity index (χ0n) is 13.0. The van der Waals surface area contributed by atoms with E-state index in [4.69, 9.17) is 11.6 Å². The number of rotatable bonds is 8. The van der Waals surface area contributed by atoms with E-state index in [9.17, 15) is 13.9 Å². The standard InChI is InChI=1S/C15H17ClF2N4OS/c1-2-4-10(7-23)19-14-20-13(16)21-15(22-14)24-8-9-5-3-6-11(17)12(9)18/h3,5-6,10,23H,2,4,7-8H2,1H3,(H,19,20,21,22)/t10-/m1/s1. The van der Waals surface area contributed by atoms with Crippen LogP contribution >= 0.6 is 23.4 Å². The first-order valence-electron chi connectivity index (χ1n) is 7.38. The van der Waals surface area contributed by atoms with Crippen LogP contribution in [0.1, 0.15) is 25.3 Å². The van der Waals surface area contributed by atoms with Crippen LogP contribution in [0.3, 0.4) is 0 Å². The number of thioether (sulfide) groups is 1. The van der Waals surface area contributed by atoms with Gasteiger partial charge < -0.3 is 10.4 Å². The molecule has 2 N–H and O–H groups in total. The van der Waals surface area contributed by atoms with Gasteiger partial charge in [-0.05, 0) is 24.1 Å². The summed E-state index contributed by atoms with van der Waals surface area (Å²) in [6, 6.07) is 3.81. The molecule has 0 aliphatic heterocycles. The van der Waals surface area contributed by atoms with Crippen molar-refractivity contribution in [2.45, 2.75) is 36.7 Å². The Morgan fingerprint density at radius 1 is 1.29 bits per heavy atom. The number of benzene rings is 1. The molecule has 1 heterocycles. The van der Waals surface area contributed by atoms with Crippen molar-refractivity contribution in [1.82, 2.24) is 15.0 Å². The molecule has 130 valence electrons.